The van der Waals surface area contributed by atoms with Gasteiger partial charge in [-0.25, -0.2) is 9.78 Å². The molecule has 3 aromatic rings. The summed E-state index contributed by atoms with van der Waals surface area (Å²) in [5.41, 5.74) is 3.11. The molecule has 0 fully saturated rings. The number of ether oxygens (including phenoxy) is 2. The topological polar surface area (TPSA) is 77.5 Å². The van der Waals surface area contributed by atoms with Gasteiger partial charge in [-0.05, 0) is 36.4 Å². The maximum atomic E-state index is 12.4. The minimum absolute atomic E-state index is 0.0559. The largest absolute Gasteiger partial charge is 0.452 e. The molecule has 0 aliphatic heterocycles. The fraction of sp³-hybridized carbons (Fsp3) is 0.150. The van der Waals surface area contributed by atoms with E-state index in [2.05, 4.69) is 15.0 Å². The summed E-state index contributed by atoms with van der Waals surface area (Å²) in [4.78, 5) is 29.3. The van der Waals surface area contributed by atoms with Crippen LogP contribution < -0.4 is 10.1 Å². The third-order valence-corrected chi connectivity index (χ3v) is 5.35. The average Bonchev–Trinajstić information content (AvgIpc) is 3.26. The molecule has 0 spiro atoms. The molecular weight excluding hydrogens is 434 g/mol. The molecule has 156 valence electrons. The van der Waals surface area contributed by atoms with Crippen LogP contribution in [0.3, 0.4) is 0 Å². The van der Waals surface area contributed by atoms with Gasteiger partial charge in [0.25, 0.3) is 5.91 Å². The van der Waals surface area contributed by atoms with Crippen LogP contribution in [0, 0.1) is 0 Å². The minimum Gasteiger partial charge on any atom is -0.452 e. The summed E-state index contributed by atoms with van der Waals surface area (Å²) in [6.07, 6.45) is 0. The zero-order valence-electron chi connectivity index (χ0n) is 15.4. The first-order chi connectivity index (χ1) is 14.5. The molecule has 0 bridgehead atoms. The van der Waals surface area contributed by atoms with Crippen molar-refractivity contribution in [2.45, 2.75) is 17.3 Å². The summed E-state index contributed by atoms with van der Waals surface area (Å²) < 4.78 is 34.2. The Morgan fingerprint density at radius 1 is 1.13 bits per heavy atom. The van der Waals surface area contributed by atoms with Crippen molar-refractivity contribution >= 4 is 40.7 Å². The molecule has 0 saturated heterocycles. The zero-order valence-corrected chi connectivity index (χ0v) is 17.1. The van der Waals surface area contributed by atoms with Crippen LogP contribution in [0.25, 0.3) is 0 Å². The van der Waals surface area contributed by atoms with Crippen LogP contribution in [-0.2, 0) is 15.3 Å². The maximum Gasteiger partial charge on any atom is 0.387 e. The molecular formula is C20H16F2N2O4S2. The van der Waals surface area contributed by atoms with E-state index in [0.717, 1.165) is 16.3 Å². The summed E-state index contributed by atoms with van der Waals surface area (Å²) in [5, 5.41) is 4.35. The van der Waals surface area contributed by atoms with E-state index in [0.29, 0.717) is 5.56 Å². The van der Waals surface area contributed by atoms with Gasteiger partial charge in [-0.1, -0.05) is 12.1 Å². The van der Waals surface area contributed by atoms with Crippen LogP contribution in [0.1, 0.15) is 16.1 Å². The Balaban J connectivity index is 1.48. The second kappa shape index (κ2) is 10.7. The van der Waals surface area contributed by atoms with E-state index in [-0.39, 0.29) is 11.4 Å². The highest BCUT2D eigenvalue weighted by Gasteiger charge is 2.14. The van der Waals surface area contributed by atoms with Crippen LogP contribution in [0.5, 0.6) is 5.75 Å². The van der Waals surface area contributed by atoms with Gasteiger partial charge in [0.2, 0.25) is 0 Å². The molecule has 0 saturated carbocycles. The Morgan fingerprint density at radius 2 is 1.90 bits per heavy atom. The van der Waals surface area contributed by atoms with E-state index in [9.17, 15) is 18.4 Å². The summed E-state index contributed by atoms with van der Waals surface area (Å²) in [6, 6.07) is 12.5. The minimum atomic E-state index is -3.02. The first-order valence-corrected chi connectivity index (χ1v) is 10.5. The number of amides is 1. The number of rotatable bonds is 9. The Bertz CT molecular complexity index is 983. The number of benzene rings is 2. The van der Waals surface area contributed by atoms with E-state index in [1.165, 1.54) is 29.5 Å². The van der Waals surface area contributed by atoms with Crippen molar-refractivity contribution < 1.29 is 27.8 Å². The summed E-state index contributed by atoms with van der Waals surface area (Å²) in [7, 11) is 0. The fourth-order valence-corrected chi connectivity index (χ4v) is 3.79. The molecule has 0 aliphatic rings. The third-order valence-electron chi connectivity index (χ3n) is 3.67. The van der Waals surface area contributed by atoms with Crippen molar-refractivity contribution in [3.8, 4) is 5.75 Å². The second-order valence-electron chi connectivity index (χ2n) is 5.79. The highest BCUT2D eigenvalue weighted by Crippen LogP contribution is 2.25. The molecule has 0 radical (unpaired) electrons. The van der Waals surface area contributed by atoms with Crippen LogP contribution >= 0.6 is 23.1 Å². The molecule has 0 atom stereocenters. The van der Waals surface area contributed by atoms with Crippen molar-refractivity contribution in [1.82, 2.24) is 4.98 Å². The lowest BCUT2D eigenvalue weighted by Gasteiger charge is -2.11. The highest BCUT2D eigenvalue weighted by molar-refractivity contribution is 7.98. The van der Waals surface area contributed by atoms with E-state index < -0.39 is 25.1 Å². The monoisotopic (exact) mass is 450 g/mol. The number of esters is 1. The highest BCUT2D eigenvalue weighted by atomic mass is 32.2. The second-order valence-corrected chi connectivity index (χ2v) is 7.56. The number of hydrogen-bond donors (Lipinski definition) is 1. The lowest BCUT2D eigenvalue weighted by Crippen LogP contribution is -2.21. The number of anilines is 1. The molecule has 3 rings (SSSR count). The smallest absolute Gasteiger partial charge is 0.387 e. The van der Waals surface area contributed by atoms with Crippen LogP contribution in [0.2, 0.25) is 0 Å². The van der Waals surface area contributed by atoms with Gasteiger partial charge in [0.1, 0.15) is 5.75 Å². The summed E-state index contributed by atoms with van der Waals surface area (Å²) >= 11 is 3.12. The molecule has 0 aliphatic carbocycles. The van der Waals surface area contributed by atoms with Crippen molar-refractivity contribution in [1.29, 1.82) is 0 Å². The van der Waals surface area contributed by atoms with Gasteiger partial charge in [-0.15, -0.1) is 23.1 Å². The number of carbonyl (C=O) groups is 2. The number of alkyl halides is 2. The number of thioether (sulfide) groups is 1. The molecule has 2 aromatic carbocycles. The van der Waals surface area contributed by atoms with Crippen LogP contribution in [0.4, 0.5) is 14.5 Å². The lowest BCUT2D eigenvalue weighted by atomic mass is 10.2. The molecule has 1 heterocycles. The summed E-state index contributed by atoms with van der Waals surface area (Å²) in [6.45, 7) is -3.59. The van der Waals surface area contributed by atoms with Crippen molar-refractivity contribution in [2.75, 3.05) is 11.9 Å². The lowest BCUT2D eigenvalue weighted by molar-refractivity contribution is -0.119. The van der Waals surface area contributed by atoms with Gasteiger partial charge in [-0.3, -0.25) is 4.79 Å². The van der Waals surface area contributed by atoms with Crippen molar-refractivity contribution in [2.24, 2.45) is 0 Å². The molecule has 0 unspecified atom stereocenters. The zero-order chi connectivity index (χ0) is 21.3. The molecule has 1 N–H and O–H groups in total. The number of nitrogens with one attached hydrogen (secondary N) is 1. The Hall–Kier alpha value is -2.98. The normalized spacial score (nSPS) is 10.6. The number of nitrogens with zero attached hydrogens (tertiary/aromatic N) is 1. The molecule has 30 heavy (non-hydrogen) atoms. The predicted octanol–water partition coefficient (Wildman–Crippen LogP) is 4.83. The Morgan fingerprint density at radius 3 is 2.60 bits per heavy atom. The number of halogens is 2. The maximum absolute atomic E-state index is 12.4. The number of hydrogen-bond acceptors (Lipinski definition) is 7. The van der Waals surface area contributed by atoms with Gasteiger partial charge in [-0.2, -0.15) is 8.78 Å². The quantitative estimate of drug-likeness (QED) is 0.372. The van der Waals surface area contributed by atoms with Crippen LogP contribution in [0.15, 0.2) is 64.3 Å². The van der Waals surface area contributed by atoms with Crippen molar-refractivity contribution in [3.05, 3.63) is 70.7 Å². The van der Waals surface area contributed by atoms with Gasteiger partial charge in [0.05, 0.1) is 22.5 Å². The standard InChI is InChI=1S/C20H16F2N2O4S2/c21-20(22)28-17-4-2-1-3-16(17)24-18(25)9-27-19(26)13-5-7-15(8-6-13)30-11-14-10-29-12-23-14/h1-8,10,12,20H,9,11H2,(H,24,25). The van der Waals surface area contributed by atoms with E-state index >= 15 is 0 Å². The molecule has 1 amide bonds. The molecule has 1 aromatic heterocycles. The van der Waals surface area contributed by atoms with Gasteiger partial charge in [0, 0.05) is 16.0 Å². The summed E-state index contributed by atoms with van der Waals surface area (Å²) in [5.74, 6) is -0.801. The van der Waals surface area contributed by atoms with Gasteiger partial charge < -0.3 is 14.8 Å². The van der Waals surface area contributed by atoms with Crippen molar-refractivity contribution in [3.63, 3.8) is 0 Å². The first-order valence-electron chi connectivity index (χ1n) is 8.62. The molecule has 10 heteroatoms. The Kier molecular flexibility index (Phi) is 7.75. The number of aromatic nitrogens is 1. The first kappa shape index (κ1) is 21.7. The van der Waals surface area contributed by atoms with Gasteiger partial charge >= 0.3 is 12.6 Å². The SMILES string of the molecule is O=C(COC(=O)c1ccc(SCc2cscn2)cc1)Nc1ccccc1OC(F)F. The molecule has 6 nitrogen and oxygen atoms in total. The number of carbonyl (C=O) groups excluding carboxylic acids is 2. The Labute approximate surface area is 179 Å². The van der Waals surface area contributed by atoms with Crippen LogP contribution in [-0.4, -0.2) is 30.1 Å². The number of thiazole rings is 1. The van der Waals surface area contributed by atoms with E-state index in [1.807, 2.05) is 5.38 Å². The van der Waals surface area contributed by atoms with E-state index in [4.69, 9.17) is 4.74 Å². The third kappa shape index (κ3) is 6.53. The predicted molar refractivity (Wildman–Crippen MR) is 110 cm³/mol. The van der Waals surface area contributed by atoms with E-state index in [1.54, 1.807) is 47.6 Å². The average molecular weight is 450 g/mol. The van der Waals surface area contributed by atoms with Gasteiger partial charge in [0.15, 0.2) is 6.61 Å². The number of para-hydroxylation sites is 2. The fourth-order valence-electron chi connectivity index (χ4n) is 2.32.